The number of aliphatic carboxylic acids is 1. The molecular weight excluding hydrogens is 327 g/mol. The Morgan fingerprint density at radius 3 is 2.59 bits per heavy atom. The summed E-state index contributed by atoms with van der Waals surface area (Å²) in [6.07, 6.45) is 0.156. The van der Waals surface area contributed by atoms with Crippen molar-refractivity contribution >= 4 is 16.0 Å². The SMILES string of the molecule is O=C(O)C1CCN(S(=O)(=O)c2ccc(OC(F)F)c(F)c2)C1. The van der Waals surface area contributed by atoms with Gasteiger partial charge in [0.25, 0.3) is 0 Å². The highest BCUT2D eigenvalue weighted by Crippen LogP contribution is 2.28. The standard InChI is InChI=1S/C12H12F3NO5S/c13-9-5-8(1-2-10(9)21-12(14)15)22(19,20)16-4-3-7(6-16)11(17)18/h1-2,5,7,12H,3-4,6H2,(H,17,18). The molecule has 1 fully saturated rings. The number of carboxylic acid groups (broad SMARTS) is 1. The summed E-state index contributed by atoms with van der Waals surface area (Å²) >= 11 is 0. The summed E-state index contributed by atoms with van der Waals surface area (Å²) in [5.74, 6) is -3.93. The quantitative estimate of drug-likeness (QED) is 0.879. The molecule has 0 bridgehead atoms. The number of hydrogen-bond donors (Lipinski definition) is 1. The summed E-state index contributed by atoms with van der Waals surface area (Å²) in [7, 11) is -4.09. The molecule has 0 radical (unpaired) electrons. The second-order valence-electron chi connectivity index (χ2n) is 4.66. The van der Waals surface area contributed by atoms with E-state index in [0.717, 1.165) is 16.4 Å². The summed E-state index contributed by atoms with van der Waals surface area (Å²) in [4.78, 5) is 10.4. The van der Waals surface area contributed by atoms with E-state index in [2.05, 4.69) is 4.74 Å². The molecule has 0 saturated carbocycles. The minimum Gasteiger partial charge on any atom is -0.481 e. The Kier molecular flexibility index (Phi) is 4.61. The van der Waals surface area contributed by atoms with Crippen molar-refractivity contribution in [2.75, 3.05) is 13.1 Å². The zero-order valence-electron chi connectivity index (χ0n) is 11.1. The van der Waals surface area contributed by atoms with Crippen molar-refractivity contribution in [2.45, 2.75) is 17.9 Å². The average molecular weight is 339 g/mol. The lowest BCUT2D eigenvalue weighted by molar-refractivity contribution is -0.141. The molecular formula is C12H12F3NO5S. The molecule has 1 unspecified atom stereocenters. The molecule has 1 N–H and O–H groups in total. The van der Waals surface area contributed by atoms with Crippen LogP contribution in [-0.4, -0.2) is 43.5 Å². The summed E-state index contributed by atoms with van der Waals surface area (Å²) in [6.45, 7) is -3.45. The summed E-state index contributed by atoms with van der Waals surface area (Å²) < 4.78 is 67.0. The molecule has 122 valence electrons. The Labute approximate surface area is 124 Å². The van der Waals surface area contributed by atoms with Gasteiger partial charge in [-0.1, -0.05) is 0 Å². The second kappa shape index (κ2) is 6.13. The number of hydrogen-bond acceptors (Lipinski definition) is 4. The fraction of sp³-hybridized carbons (Fsp3) is 0.417. The Morgan fingerprint density at radius 1 is 1.41 bits per heavy atom. The molecule has 0 aliphatic carbocycles. The van der Waals surface area contributed by atoms with Crippen LogP contribution in [0.3, 0.4) is 0 Å². The van der Waals surface area contributed by atoms with E-state index < -0.39 is 45.0 Å². The average Bonchev–Trinajstić information content (AvgIpc) is 2.91. The van der Waals surface area contributed by atoms with Gasteiger partial charge in [-0.3, -0.25) is 4.79 Å². The summed E-state index contributed by atoms with van der Waals surface area (Å²) in [6, 6.07) is 2.30. The van der Waals surface area contributed by atoms with Crippen LogP contribution in [0, 0.1) is 11.7 Å². The first-order valence-electron chi connectivity index (χ1n) is 6.19. The van der Waals surface area contributed by atoms with E-state index in [1.807, 2.05) is 0 Å². The molecule has 1 aromatic rings. The Balaban J connectivity index is 2.23. The maximum absolute atomic E-state index is 13.6. The topological polar surface area (TPSA) is 83.9 Å². The van der Waals surface area contributed by atoms with Crippen LogP contribution < -0.4 is 4.74 Å². The van der Waals surface area contributed by atoms with Crippen LogP contribution in [0.2, 0.25) is 0 Å². The number of halogens is 3. The highest BCUT2D eigenvalue weighted by Gasteiger charge is 2.36. The Morgan fingerprint density at radius 2 is 2.09 bits per heavy atom. The summed E-state index contributed by atoms with van der Waals surface area (Å²) in [5, 5.41) is 8.86. The fourth-order valence-corrected chi connectivity index (χ4v) is 3.64. The van der Waals surface area contributed by atoms with Crippen molar-refractivity contribution in [2.24, 2.45) is 5.92 Å². The van der Waals surface area contributed by atoms with Gasteiger partial charge in [-0.2, -0.15) is 13.1 Å². The van der Waals surface area contributed by atoms with Gasteiger partial charge in [0.05, 0.1) is 10.8 Å². The monoisotopic (exact) mass is 339 g/mol. The number of sulfonamides is 1. The first-order valence-corrected chi connectivity index (χ1v) is 7.63. The minimum atomic E-state index is -4.09. The van der Waals surface area contributed by atoms with Crippen molar-refractivity contribution in [3.63, 3.8) is 0 Å². The number of ether oxygens (including phenoxy) is 1. The predicted octanol–water partition coefficient (Wildman–Crippen LogP) is 1.52. The van der Waals surface area contributed by atoms with E-state index in [4.69, 9.17) is 5.11 Å². The molecule has 2 rings (SSSR count). The van der Waals surface area contributed by atoms with Gasteiger partial charge >= 0.3 is 12.6 Å². The number of carboxylic acids is 1. The number of nitrogens with zero attached hydrogens (tertiary/aromatic N) is 1. The molecule has 10 heteroatoms. The molecule has 1 aliphatic heterocycles. The third-order valence-corrected chi connectivity index (χ3v) is 5.12. The van der Waals surface area contributed by atoms with Crippen LogP contribution in [0.5, 0.6) is 5.75 Å². The van der Waals surface area contributed by atoms with Crippen LogP contribution in [0.25, 0.3) is 0 Å². The maximum Gasteiger partial charge on any atom is 0.387 e. The largest absolute Gasteiger partial charge is 0.481 e. The fourth-order valence-electron chi connectivity index (χ4n) is 2.13. The van der Waals surface area contributed by atoms with E-state index in [-0.39, 0.29) is 19.5 Å². The third kappa shape index (κ3) is 3.33. The van der Waals surface area contributed by atoms with E-state index in [0.29, 0.717) is 6.07 Å². The molecule has 22 heavy (non-hydrogen) atoms. The van der Waals surface area contributed by atoms with Gasteiger partial charge < -0.3 is 9.84 Å². The van der Waals surface area contributed by atoms with Gasteiger partial charge in [-0.05, 0) is 24.6 Å². The first kappa shape index (κ1) is 16.6. The highest BCUT2D eigenvalue weighted by atomic mass is 32.2. The van der Waals surface area contributed by atoms with Crippen molar-refractivity contribution in [1.82, 2.24) is 4.31 Å². The van der Waals surface area contributed by atoms with Crippen molar-refractivity contribution < 1.29 is 36.2 Å². The second-order valence-corrected chi connectivity index (χ2v) is 6.60. The number of rotatable bonds is 5. The number of alkyl halides is 2. The number of carbonyl (C=O) groups is 1. The summed E-state index contributed by atoms with van der Waals surface area (Å²) in [5.41, 5.74) is 0. The van der Waals surface area contributed by atoms with Crippen molar-refractivity contribution in [3.8, 4) is 5.75 Å². The Hall–Kier alpha value is -1.81. The van der Waals surface area contributed by atoms with Gasteiger partial charge in [-0.15, -0.1) is 0 Å². The van der Waals surface area contributed by atoms with E-state index in [9.17, 15) is 26.4 Å². The van der Waals surface area contributed by atoms with Gasteiger partial charge in [0, 0.05) is 13.1 Å². The lowest BCUT2D eigenvalue weighted by atomic mass is 10.1. The maximum atomic E-state index is 13.6. The molecule has 1 heterocycles. The van der Waals surface area contributed by atoms with Crippen LogP contribution in [0.1, 0.15) is 6.42 Å². The zero-order chi connectivity index (χ0) is 16.5. The molecule has 1 saturated heterocycles. The Bertz CT molecular complexity index is 679. The molecule has 1 aromatic carbocycles. The molecule has 0 aromatic heterocycles. The van der Waals surface area contributed by atoms with Crippen LogP contribution in [-0.2, 0) is 14.8 Å². The highest BCUT2D eigenvalue weighted by molar-refractivity contribution is 7.89. The lowest BCUT2D eigenvalue weighted by Crippen LogP contribution is -2.30. The molecule has 1 atom stereocenters. The normalized spacial score (nSPS) is 19.5. The molecule has 0 amide bonds. The predicted molar refractivity (Wildman–Crippen MR) is 67.5 cm³/mol. The van der Waals surface area contributed by atoms with Gasteiger partial charge in [0.15, 0.2) is 11.6 Å². The first-order chi connectivity index (χ1) is 10.2. The molecule has 0 spiro atoms. The third-order valence-electron chi connectivity index (χ3n) is 3.26. The van der Waals surface area contributed by atoms with Gasteiger partial charge in [0.1, 0.15) is 0 Å². The number of benzene rings is 1. The van der Waals surface area contributed by atoms with Crippen LogP contribution >= 0.6 is 0 Å². The van der Waals surface area contributed by atoms with E-state index in [1.165, 1.54) is 0 Å². The van der Waals surface area contributed by atoms with Crippen LogP contribution in [0.4, 0.5) is 13.2 Å². The van der Waals surface area contributed by atoms with Crippen molar-refractivity contribution in [1.29, 1.82) is 0 Å². The smallest absolute Gasteiger partial charge is 0.387 e. The zero-order valence-corrected chi connectivity index (χ0v) is 11.9. The molecule has 6 nitrogen and oxygen atoms in total. The van der Waals surface area contributed by atoms with Crippen LogP contribution in [0.15, 0.2) is 23.1 Å². The molecule has 1 aliphatic rings. The van der Waals surface area contributed by atoms with E-state index in [1.54, 1.807) is 0 Å². The van der Waals surface area contributed by atoms with Gasteiger partial charge in [0.2, 0.25) is 10.0 Å². The van der Waals surface area contributed by atoms with Gasteiger partial charge in [-0.25, -0.2) is 12.8 Å². The van der Waals surface area contributed by atoms with Crippen molar-refractivity contribution in [3.05, 3.63) is 24.0 Å². The van der Waals surface area contributed by atoms with E-state index >= 15 is 0 Å². The lowest BCUT2D eigenvalue weighted by Gasteiger charge is -2.16. The minimum absolute atomic E-state index is 0.00377.